The summed E-state index contributed by atoms with van der Waals surface area (Å²) in [5, 5.41) is 2.95. The molecule has 0 saturated carbocycles. The lowest BCUT2D eigenvalue weighted by molar-refractivity contribution is -0.137. The smallest absolute Gasteiger partial charge is 0.251 e. The Morgan fingerprint density at radius 3 is 2.37 bits per heavy atom. The fourth-order valence-corrected chi connectivity index (χ4v) is 4.64. The number of hydrogen-bond donors (Lipinski definition) is 1. The van der Waals surface area contributed by atoms with E-state index < -0.39 is 0 Å². The number of carbonyl (C=O) groups excluding carboxylic acids is 3. The first-order valence-electron chi connectivity index (χ1n) is 12.2. The Morgan fingerprint density at radius 1 is 1.00 bits per heavy atom. The van der Waals surface area contributed by atoms with Gasteiger partial charge in [0, 0.05) is 63.5 Å². The van der Waals surface area contributed by atoms with Crippen LogP contribution in [0.2, 0.25) is 0 Å². The van der Waals surface area contributed by atoms with Crippen molar-refractivity contribution in [2.24, 2.45) is 5.92 Å². The van der Waals surface area contributed by atoms with Crippen molar-refractivity contribution in [3.8, 4) is 5.75 Å². The summed E-state index contributed by atoms with van der Waals surface area (Å²) in [6.45, 7) is 8.58. The molecule has 4 rings (SSSR count). The van der Waals surface area contributed by atoms with Crippen LogP contribution in [0.15, 0.2) is 42.5 Å². The van der Waals surface area contributed by atoms with Crippen molar-refractivity contribution >= 4 is 23.4 Å². The highest BCUT2D eigenvalue weighted by molar-refractivity contribution is 6.00. The van der Waals surface area contributed by atoms with E-state index in [2.05, 4.69) is 10.2 Å². The van der Waals surface area contributed by atoms with Gasteiger partial charge in [0.1, 0.15) is 5.75 Å². The molecule has 1 N–H and O–H groups in total. The van der Waals surface area contributed by atoms with Crippen LogP contribution in [0, 0.1) is 19.8 Å². The SMILES string of the molecule is COc1ccc(C(=O)NCCN2CCN(C(=O)C3CC(=O)N(c4ccc(C)c(C)c4)C3)CC2)cc1. The van der Waals surface area contributed by atoms with Gasteiger partial charge in [-0.3, -0.25) is 19.3 Å². The van der Waals surface area contributed by atoms with Crippen molar-refractivity contribution in [3.63, 3.8) is 0 Å². The van der Waals surface area contributed by atoms with Gasteiger partial charge in [0.25, 0.3) is 5.91 Å². The van der Waals surface area contributed by atoms with Crippen LogP contribution in [-0.2, 0) is 9.59 Å². The van der Waals surface area contributed by atoms with E-state index in [-0.39, 0.29) is 30.1 Å². The molecule has 0 bridgehead atoms. The topological polar surface area (TPSA) is 82.2 Å². The second-order valence-electron chi connectivity index (χ2n) is 9.33. The summed E-state index contributed by atoms with van der Waals surface area (Å²) < 4.78 is 5.12. The highest BCUT2D eigenvalue weighted by Crippen LogP contribution is 2.28. The van der Waals surface area contributed by atoms with Gasteiger partial charge >= 0.3 is 0 Å². The van der Waals surface area contributed by atoms with Gasteiger partial charge in [0.05, 0.1) is 13.0 Å². The molecule has 3 amide bonds. The Balaban J connectivity index is 1.21. The number of benzene rings is 2. The van der Waals surface area contributed by atoms with Gasteiger partial charge in [0.15, 0.2) is 0 Å². The minimum atomic E-state index is -0.292. The van der Waals surface area contributed by atoms with E-state index in [1.807, 2.05) is 36.9 Å². The van der Waals surface area contributed by atoms with Crippen molar-refractivity contribution in [2.45, 2.75) is 20.3 Å². The average Bonchev–Trinajstić information content (AvgIpc) is 3.27. The predicted octanol–water partition coefficient (Wildman–Crippen LogP) is 2.24. The Bertz CT molecular complexity index is 1080. The number of aryl methyl sites for hydroxylation is 2. The van der Waals surface area contributed by atoms with Gasteiger partial charge in [-0.1, -0.05) is 6.07 Å². The Labute approximate surface area is 206 Å². The highest BCUT2D eigenvalue weighted by Gasteiger charge is 2.38. The van der Waals surface area contributed by atoms with Crippen LogP contribution in [0.4, 0.5) is 5.69 Å². The van der Waals surface area contributed by atoms with E-state index in [0.717, 1.165) is 30.9 Å². The lowest BCUT2D eigenvalue weighted by Crippen LogP contribution is -2.51. The standard InChI is InChI=1S/C27H34N4O4/c1-19-4-7-23(16-20(19)2)31-18-22(17-25(31)32)27(34)30-14-12-29(13-15-30)11-10-28-26(33)21-5-8-24(35-3)9-6-21/h4-9,16,22H,10-15,17-18H2,1-3H3,(H,28,33). The summed E-state index contributed by atoms with van der Waals surface area (Å²) in [6.07, 6.45) is 0.267. The molecule has 35 heavy (non-hydrogen) atoms. The van der Waals surface area contributed by atoms with E-state index in [1.54, 1.807) is 36.3 Å². The number of piperazine rings is 1. The maximum absolute atomic E-state index is 13.1. The molecule has 8 nitrogen and oxygen atoms in total. The molecular formula is C27H34N4O4. The van der Waals surface area contributed by atoms with Crippen molar-refractivity contribution in [3.05, 3.63) is 59.2 Å². The van der Waals surface area contributed by atoms with Crippen LogP contribution in [-0.4, -0.2) is 80.4 Å². The predicted molar refractivity (Wildman–Crippen MR) is 135 cm³/mol. The van der Waals surface area contributed by atoms with Crippen molar-refractivity contribution in [2.75, 3.05) is 57.8 Å². The number of methoxy groups -OCH3 is 1. The number of anilines is 1. The first-order valence-corrected chi connectivity index (χ1v) is 12.2. The molecule has 0 aromatic heterocycles. The summed E-state index contributed by atoms with van der Waals surface area (Å²) in [5.41, 5.74) is 3.80. The van der Waals surface area contributed by atoms with Crippen molar-refractivity contribution < 1.29 is 19.1 Å². The third kappa shape index (κ3) is 5.82. The number of nitrogens with one attached hydrogen (secondary N) is 1. The van der Waals surface area contributed by atoms with Crippen LogP contribution < -0.4 is 15.0 Å². The molecular weight excluding hydrogens is 444 g/mol. The largest absolute Gasteiger partial charge is 0.497 e. The van der Waals surface area contributed by atoms with Crippen molar-refractivity contribution in [1.82, 2.24) is 15.1 Å². The number of ether oxygens (including phenoxy) is 1. The molecule has 2 aliphatic rings. The van der Waals surface area contributed by atoms with E-state index >= 15 is 0 Å². The average molecular weight is 479 g/mol. The summed E-state index contributed by atoms with van der Waals surface area (Å²) in [4.78, 5) is 43.9. The lowest BCUT2D eigenvalue weighted by Gasteiger charge is -2.35. The number of carbonyl (C=O) groups is 3. The number of hydrogen-bond acceptors (Lipinski definition) is 5. The molecule has 1 unspecified atom stereocenters. The van der Waals surface area contributed by atoms with E-state index in [1.165, 1.54) is 5.56 Å². The maximum Gasteiger partial charge on any atom is 0.251 e. The molecule has 0 radical (unpaired) electrons. The Kier molecular flexibility index (Phi) is 7.70. The molecule has 1 atom stereocenters. The van der Waals surface area contributed by atoms with Crippen LogP contribution in [0.5, 0.6) is 5.75 Å². The monoisotopic (exact) mass is 478 g/mol. The molecule has 0 spiro atoms. The zero-order valence-electron chi connectivity index (χ0n) is 20.8. The summed E-state index contributed by atoms with van der Waals surface area (Å²) >= 11 is 0. The minimum absolute atomic E-state index is 0.0119. The van der Waals surface area contributed by atoms with Gasteiger partial charge in [0.2, 0.25) is 11.8 Å². The molecule has 2 aromatic carbocycles. The Hall–Kier alpha value is -3.39. The van der Waals surface area contributed by atoms with Crippen molar-refractivity contribution in [1.29, 1.82) is 0 Å². The van der Waals surface area contributed by atoms with Gasteiger partial charge in [-0.25, -0.2) is 0 Å². The number of nitrogens with zero attached hydrogens (tertiary/aromatic N) is 3. The summed E-state index contributed by atoms with van der Waals surface area (Å²) in [6, 6.07) is 13.0. The molecule has 2 aromatic rings. The number of amides is 3. The van der Waals surface area contributed by atoms with Gasteiger partial charge in [-0.15, -0.1) is 0 Å². The highest BCUT2D eigenvalue weighted by atomic mass is 16.5. The molecule has 2 heterocycles. The first kappa shape index (κ1) is 24.7. The molecule has 8 heteroatoms. The normalized spacial score (nSPS) is 18.6. The van der Waals surface area contributed by atoms with E-state index in [0.29, 0.717) is 37.5 Å². The fourth-order valence-electron chi connectivity index (χ4n) is 4.64. The third-order valence-corrected chi connectivity index (χ3v) is 7.03. The molecule has 2 aliphatic heterocycles. The van der Waals surface area contributed by atoms with Crippen LogP contribution in [0.25, 0.3) is 0 Å². The van der Waals surface area contributed by atoms with E-state index in [4.69, 9.17) is 4.74 Å². The summed E-state index contributed by atoms with van der Waals surface area (Å²) in [5.74, 6) is 0.393. The molecule has 2 fully saturated rings. The zero-order valence-corrected chi connectivity index (χ0v) is 20.8. The van der Waals surface area contributed by atoms with Gasteiger partial charge in [-0.05, 0) is 61.4 Å². The zero-order chi connectivity index (χ0) is 24.9. The van der Waals surface area contributed by atoms with Gasteiger partial charge in [-0.2, -0.15) is 0 Å². The lowest BCUT2D eigenvalue weighted by atomic mass is 10.1. The van der Waals surface area contributed by atoms with Gasteiger partial charge < -0.3 is 19.9 Å². The number of rotatable bonds is 7. The molecule has 0 aliphatic carbocycles. The second kappa shape index (κ2) is 10.9. The maximum atomic E-state index is 13.1. The minimum Gasteiger partial charge on any atom is -0.497 e. The van der Waals surface area contributed by atoms with Crippen LogP contribution in [0.3, 0.4) is 0 Å². The van der Waals surface area contributed by atoms with Crippen LogP contribution >= 0.6 is 0 Å². The molecule has 2 saturated heterocycles. The third-order valence-electron chi connectivity index (χ3n) is 7.03. The first-order chi connectivity index (χ1) is 16.9. The second-order valence-corrected chi connectivity index (χ2v) is 9.33. The summed E-state index contributed by atoms with van der Waals surface area (Å²) in [7, 11) is 1.59. The Morgan fingerprint density at radius 2 is 1.71 bits per heavy atom. The van der Waals surface area contributed by atoms with E-state index in [9.17, 15) is 14.4 Å². The van der Waals surface area contributed by atoms with Crippen LogP contribution in [0.1, 0.15) is 27.9 Å². The molecule has 186 valence electrons. The fraction of sp³-hybridized carbons (Fsp3) is 0.444. The quantitative estimate of drug-likeness (QED) is 0.660.